The number of carbonyl (C=O) groups excluding carboxylic acids is 1. The van der Waals surface area contributed by atoms with Crippen LogP contribution in [-0.4, -0.2) is 58.2 Å². The van der Waals surface area contributed by atoms with Gasteiger partial charge >= 0.3 is 0 Å². The number of nitrogens with one attached hydrogen (secondary N) is 2. The van der Waals surface area contributed by atoms with Gasteiger partial charge in [0.05, 0.1) is 12.8 Å². The fraction of sp³-hybridized carbons (Fsp3) is 0.900. The third-order valence-electron chi connectivity index (χ3n) is 2.34. The molecule has 1 amide bonds. The van der Waals surface area contributed by atoms with Gasteiger partial charge in [-0.15, -0.1) is 0 Å². The van der Waals surface area contributed by atoms with E-state index in [9.17, 15) is 13.2 Å². The summed E-state index contributed by atoms with van der Waals surface area (Å²) in [5.41, 5.74) is 0. The highest BCUT2D eigenvalue weighted by atomic mass is 32.2. The van der Waals surface area contributed by atoms with Gasteiger partial charge in [-0.2, -0.15) is 0 Å². The Balaban J connectivity index is 3.56. The van der Waals surface area contributed by atoms with Gasteiger partial charge in [0.15, 0.2) is 0 Å². The highest BCUT2D eigenvalue weighted by Gasteiger charge is 2.10. The molecular weight excluding hydrogens is 242 g/mol. The molecule has 0 aromatic heterocycles. The average molecular weight is 265 g/mol. The lowest BCUT2D eigenvalue weighted by molar-refractivity contribution is -0.130. The molecule has 0 atom stereocenters. The Labute approximate surface area is 104 Å². The second kappa shape index (κ2) is 7.62. The molecule has 0 bridgehead atoms. The zero-order valence-electron chi connectivity index (χ0n) is 11.0. The van der Waals surface area contributed by atoms with E-state index in [2.05, 4.69) is 10.0 Å². The van der Waals surface area contributed by atoms with Crippen LogP contribution in [-0.2, 0) is 14.8 Å². The first-order valence-corrected chi connectivity index (χ1v) is 7.54. The highest BCUT2D eigenvalue weighted by Crippen LogP contribution is 1.92. The first-order chi connectivity index (χ1) is 7.74. The molecule has 0 aliphatic carbocycles. The van der Waals surface area contributed by atoms with Crippen LogP contribution in [0, 0.1) is 0 Å². The van der Waals surface area contributed by atoms with Gasteiger partial charge in [-0.05, 0) is 26.8 Å². The lowest BCUT2D eigenvalue weighted by Crippen LogP contribution is -2.40. The van der Waals surface area contributed by atoms with Crippen molar-refractivity contribution in [2.24, 2.45) is 0 Å². The third-order valence-corrected chi connectivity index (χ3v) is 3.07. The van der Waals surface area contributed by atoms with Crippen LogP contribution < -0.4 is 10.0 Å². The zero-order chi connectivity index (χ0) is 13.5. The fourth-order valence-corrected chi connectivity index (χ4v) is 1.59. The average Bonchev–Trinajstić information content (AvgIpc) is 2.19. The molecule has 0 saturated heterocycles. The molecule has 6 nitrogen and oxygen atoms in total. The van der Waals surface area contributed by atoms with Crippen LogP contribution in [0.15, 0.2) is 0 Å². The Bertz CT molecular complexity index is 328. The maximum atomic E-state index is 11.5. The molecule has 0 aromatic carbocycles. The first-order valence-electron chi connectivity index (χ1n) is 5.65. The second-order valence-electron chi connectivity index (χ2n) is 4.30. The van der Waals surface area contributed by atoms with Gasteiger partial charge in [0.1, 0.15) is 0 Å². The molecule has 0 aromatic rings. The quantitative estimate of drug-likeness (QED) is 0.574. The smallest absolute Gasteiger partial charge is 0.236 e. The van der Waals surface area contributed by atoms with Crippen LogP contribution in [0.3, 0.4) is 0 Å². The molecule has 0 rings (SSSR count). The summed E-state index contributed by atoms with van der Waals surface area (Å²) in [4.78, 5) is 13.2. The van der Waals surface area contributed by atoms with Crippen molar-refractivity contribution in [1.29, 1.82) is 0 Å². The minimum atomic E-state index is -3.11. The van der Waals surface area contributed by atoms with Crippen LogP contribution in [0.2, 0.25) is 0 Å². The Hall–Kier alpha value is -0.660. The van der Waals surface area contributed by atoms with Gasteiger partial charge in [-0.25, -0.2) is 13.1 Å². The van der Waals surface area contributed by atoms with Crippen molar-refractivity contribution in [2.75, 3.05) is 32.9 Å². The summed E-state index contributed by atoms with van der Waals surface area (Å²) in [6.45, 7) is 5.19. The summed E-state index contributed by atoms with van der Waals surface area (Å²) < 4.78 is 23.9. The van der Waals surface area contributed by atoms with E-state index >= 15 is 0 Å². The van der Waals surface area contributed by atoms with Crippen molar-refractivity contribution in [2.45, 2.75) is 26.3 Å². The summed E-state index contributed by atoms with van der Waals surface area (Å²) in [7, 11) is -1.34. The molecule has 0 aliphatic heterocycles. The van der Waals surface area contributed by atoms with E-state index in [0.717, 1.165) is 6.26 Å². The van der Waals surface area contributed by atoms with Crippen molar-refractivity contribution < 1.29 is 13.2 Å². The Morgan fingerprint density at radius 2 is 1.88 bits per heavy atom. The van der Waals surface area contributed by atoms with Gasteiger partial charge in [0.2, 0.25) is 15.9 Å². The minimum absolute atomic E-state index is 0.0380. The lowest BCUT2D eigenvalue weighted by atomic mass is 10.3. The molecule has 0 radical (unpaired) electrons. The number of sulfonamides is 1. The lowest BCUT2D eigenvalue weighted by Gasteiger charge is -2.21. The van der Waals surface area contributed by atoms with E-state index < -0.39 is 10.0 Å². The molecule has 102 valence electrons. The molecular formula is C10H23N3O3S. The molecule has 0 heterocycles. The second-order valence-corrected chi connectivity index (χ2v) is 6.13. The Morgan fingerprint density at radius 3 is 2.35 bits per heavy atom. The van der Waals surface area contributed by atoms with Crippen molar-refractivity contribution in [3.05, 3.63) is 0 Å². The summed E-state index contributed by atoms with van der Waals surface area (Å²) in [5.74, 6) is 0.0380. The summed E-state index contributed by atoms with van der Waals surface area (Å²) >= 11 is 0. The summed E-state index contributed by atoms with van der Waals surface area (Å²) in [6, 6.07) is 0.191. The van der Waals surface area contributed by atoms with Crippen molar-refractivity contribution in [1.82, 2.24) is 14.9 Å². The van der Waals surface area contributed by atoms with Gasteiger partial charge in [0, 0.05) is 19.6 Å². The van der Waals surface area contributed by atoms with Gasteiger partial charge in [-0.1, -0.05) is 0 Å². The molecule has 2 N–H and O–H groups in total. The van der Waals surface area contributed by atoms with E-state index in [4.69, 9.17) is 0 Å². The van der Waals surface area contributed by atoms with E-state index in [1.54, 1.807) is 11.9 Å². The van der Waals surface area contributed by atoms with Crippen LogP contribution >= 0.6 is 0 Å². The molecule has 0 spiro atoms. The predicted molar refractivity (Wildman–Crippen MR) is 68.2 cm³/mol. The van der Waals surface area contributed by atoms with Crippen molar-refractivity contribution >= 4 is 15.9 Å². The Kier molecular flexibility index (Phi) is 7.33. The predicted octanol–water partition coefficient (Wildman–Crippen LogP) is -0.618. The zero-order valence-corrected chi connectivity index (χ0v) is 11.8. The monoisotopic (exact) mass is 265 g/mol. The van der Waals surface area contributed by atoms with E-state index in [1.165, 1.54) is 0 Å². The highest BCUT2D eigenvalue weighted by molar-refractivity contribution is 7.88. The number of hydrogen-bond donors (Lipinski definition) is 2. The summed E-state index contributed by atoms with van der Waals surface area (Å²) in [6.07, 6.45) is 1.79. The third kappa shape index (κ3) is 9.08. The van der Waals surface area contributed by atoms with Gasteiger partial charge in [-0.3, -0.25) is 4.79 Å². The number of rotatable bonds is 8. The van der Waals surface area contributed by atoms with Gasteiger partial charge in [0.25, 0.3) is 0 Å². The first kappa shape index (κ1) is 16.3. The van der Waals surface area contributed by atoms with E-state index in [-0.39, 0.29) is 18.5 Å². The molecule has 7 heteroatoms. The minimum Gasteiger partial charge on any atom is -0.342 e. The molecule has 0 aliphatic rings. The number of carbonyl (C=O) groups is 1. The molecule has 0 unspecified atom stereocenters. The topological polar surface area (TPSA) is 78.5 Å². The maximum absolute atomic E-state index is 11.5. The van der Waals surface area contributed by atoms with Crippen LogP contribution in [0.5, 0.6) is 0 Å². The number of likely N-dealkylation sites (N-methyl/N-ethyl adjacent to an activating group) is 1. The maximum Gasteiger partial charge on any atom is 0.236 e. The standard InChI is InChI=1S/C10H23N3O3S/c1-9(2)13(3)10(14)8-11-6-5-7-12-17(4,15)16/h9,11-12H,5-8H2,1-4H3. The van der Waals surface area contributed by atoms with Gasteiger partial charge < -0.3 is 10.2 Å². The van der Waals surface area contributed by atoms with Crippen LogP contribution in [0.1, 0.15) is 20.3 Å². The molecule has 0 saturated carbocycles. The van der Waals surface area contributed by atoms with E-state index in [1.807, 2.05) is 13.8 Å². The molecule has 0 fully saturated rings. The largest absolute Gasteiger partial charge is 0.342 e. The number of hydrogen-bond acceptors (Lipinski definition) is 4. The number of nitrogens with zero attached hydrogens (tertiary/aromatic N) is 1. The van der Waals surface area contributed by atoms with Crippen molar-refractivity contribution in [3.8, 4) is 0 Å². The van der Waals surface area contributed by atoms with Crippen LogP contribution in [0.4, 0.5) is 0 Å². The molecule has 17 heavy (non-hydrogen) atoms. The van der Waals surface area contributed by atoms with Crippen LogP contribution in [0.25, 0.3) is 0 Å². The fourth-order valence-electron chi connectivity index (χ4n) is 1.08. The van der Waals surface area contributed by atoms with E-state index in [0.29, 0.717) is 19.5 Å². The normalized spacial score (nSPS) is 11.8. The number of amides is 1. The summed E-state index contributed by atoms with van der Waals surface area (Å²) in [5, 5.41) is 2.98. The SMILES string of the molecule is CC(C)N(C)C(=O)CNCCCNS(C)(=O)=O. The Morgan fingerprint density at radius 1 is 1.29 bits per heavy atom. The van der Waals surface area contributed by atoms with Crippen molar-refractivity contribution in [3.63, 3.8) is 0 Å².